The van der Waals surface area contributed by atoms with Crippen molar-refractivity contribution in [1.82, 2.24) is 4.98 Å². The fourth-order valence-corrected chi connectivity index (χ4v) is 2.44. The second-order valence-corrected chi connectivity index (χ2v) is 5.63. The number of hydrogen-bond donors (Lipinski definition) is 2. The zero-order chi connectivity index (χ0) is 14.7. The Bertz CT molecular complexity index is 639. The van der Waals surface area contributed by atoms with Gasteiger partial charge in [-0.1, -0.05) is 23.2 Å². The first kappa shape index (κ1) is 15.0. The van der Waals surface area contributed by atoms with Crippen LogP contribution in [0.5, 0.6) is 0 Å². The van der Waals surface area contributed by atoms with Crippen LogP contribution < -0.4 is 10.6 Å². The van der Waals surface area contributed by atoms with Crippen molar-refractivity contribution >= 4 is 52.0 Å². The summed E-state index contributed by atoms with van der Waals surface area (Å²) in [5.74, 6) is 0.699. The third-order valence-electron chi connectivity index (χ3n) is 2.52. The summed E-state index contributed by atoms with van der Waals surface area (Å²) in [4.78, 5) is 4.36. The van der Waals surface area contributed by atoms with Crippen molar-refractivity contribution < 1.29 is 0 Å². The van der Waals surface area contributed by atoms with Crippen LogP contribution in [0.25, 0.3) is 0 Å². The molecule has 1 aromatic heterocycles. The van der Waals surface area contributed by atoms with Crippen LogP contribution in [0.1, 0.15) is 11.3 Å². The maximum absolute atomic E-state index is 6.08. The molecule has 2 aromatic rings. The highest BCUT2D eigenvalue weighted by molar-refractivity contribution is 7.80. The molecular weight excluding hydrogens is 313 g/mol. The van der Waals surface area contributed by atoms with Crippen molar-refractivity contribution in [2.24, 2.45) is 0 Å². The number of hydrogen-bond acceptors (Lipinski definition) is 2. The first-order valence-corrected chi connectivity index (χ1v) is 7.09. The molecule has 0 atom stereocenters. The van der Waals surface area contributed by atoms with Crippen LogP contribution in [-0.2, 0) is 0 Å². The van der Waals surface area contributed by atoms with E-state index in [0.717, 1.165) is 11.3 Å². The van der Waals surface area contributed by atoms with Gasteiger partial charge in [0.05, 0.1) is 10.7 Å². The maximum atomic E-state index is 6.08. The van der Waals surface area contributed by atoms with Crippen LogP contribution in [0.15, 0.2) is 30.3 Å². The van der Waals surface area contributed by atoms with Gasteiger partial charge in [-0.05, 0) is 62.0 Å². The maximum Gasteiger partial charge on any atom is 0.176 e. The van der Waals surface area contributed by atoms with E-state index in [-0.39, 0.29) is 0 Å². The van der Waals surface area contributed by atoms with Crippen molar-refractivity contribution in [1.29, 1.82) is 0 Å². The molecule has 1 aromatic carbocycles. The van der Waals surface area contributed by atoms with Crippen LogP contribution in [0.3, 0.4) is 0 Å². The van der Waals surface area contributed by atoms with Gasteiger partial charge in [-0.25, -0.2) is 4.98 Å². The summed E-state index contributed by atoms with van der Waals surface area (Å²) in [6, 6.07) is 9.09. The van der Waals surface area contributed by atoms with Gasteiger partial charge in [-0.15, -0.1) is 0 Å². The van der Waals surface area contributed by atoms with E-state index in [9.17, 15) is 0 Å². The Balaban J connectivity index is 2.09. The predicted molar refractivity (Wildman–Crippen MR) is 90.0 cm³/mol. The molecule has 6 heteroatoms. The van der Waals surface area contributed by atoms with Gasteiger partial charge in [-0.2, -0.15) is 0 Å². The summed E-state index contributed by atoms with van der Waals surface area (Å²) in [7, 11) is 0. The lowest BCUT2D eigenvalue weighted by molar-refractivity contribution is 1.18. The topological polar surface area (TPSA) is 37.0 Å². The number of pyridine rings is 1. The third-order valence-corrected chi connectivity index (χ3v) is 3.27. The molecule has 20 heavy (non-hydrogen) atoms. The van der Waals surface area contributed by atoms with Gasteiger partial charge < -0.3 is 10.6 Å². The number of halogens is 2. The summed E-state index contributed by atoms with van der Waals surface area (Å²) in [5.41, 5.74) is 2.74. The number of thiocarbonyl (C=S) groups is 1. The van der Waals surface area contributed by atoms with E-state index >= 15 is 0 Å². The second kappa shape index (κ2) is 6.39. The highest BCUT2D eigenvalue weighted by Gasteiger charge is 2.05. The molecule has 3 nitrogen and oxygen atoms in total. The Labute approximate surface area is 133 Å². The lowest BCUT2D eigenvalue weighted by Gasteiger charge is -2.12. The first-order valence-electron chi connectivity index (χ1n) is 5.92. The van der Waals surface area contributed by atoms with E-state index in [1.54, 1.807) is 18.2 Å². The van der Waals surface area contributed by atoms with Gasteiger partial charge in [-0.3, -0.25) is 0 Å². The zero-order valence-corrected chi connectivity index (χ0v) is 13.3. The fraction of sp³-hybridized carbons (Fsp3) is 0.143. The van der Waals surface area contributed by atoms with Crippen LogP contribution in [0, 0.1) is 13.8 Å². The Kier molecular flexibility index (Phi) is 4.81. The largest absolute Gasteiger partial charge is 0.331 e. The highest BCUT2D eigenvalue weighted by Crippen LogP contribution is 2.25. The Morgan fingerprint density at radius 1 is 1.10 bits per heavy atom. The molecule has 104 valence electrons. The lowest BCUT2D eigenvalue weighted by Crippen LogP contribution is -2.20. The summed E-state index contributed by atoms with van der Waals surface area (Å²) in [6.45, 7) is 3.94. The molecule has 2 N–H and O–H groups in total. The molecule has 1 heterocycles. The van der Waals surface area contributed by atoms with E-state index in [2.05, 4.69) is 15.6 Å². The molecule has 0 bridgehead atoms. The van der Waals surface area contributed by atoms with Crippen molar-refractivity contribution in [3.8, 4) is 0 Å². The molecular formula is C14H13Cl2N3S. The number of anilines is 2. The number of benzene rings is 1. The van der Waals surface area contributed by atoms with E-state index in [4.69, 9.17) is 35.4 Å². The lowest BCUT2D eigenvalue weighted by atomic mass is 10.2. The van der Waals surface area contributed by atoms with Crippen molar-refractivity contribution in [2.45, 2.75) is 13.8 Å². The minimum atomic E-state index is 0.423. The zero-order valence-electron chi connectivity index (χ0n) is 11.0. The molecule has 0 saturated heterocycles. The van der Waals surface area contributed by atoms with Crippen LogP contribution in [0.4, 0.5) is 11.5 Å². The summed E-state index contributed by atoms with van der Waals surface area (Å²) in [5, 5.41) is 7.56. The number of nitrogens with one attached hydrogen (secondary N) is 2. The monoisotopic (exact) mass is 325 g/mol. The van der Waals surface area contributed by atoms with Crippen LogP contribution in [-0.4, -0.2) is 10.1 Å². The fourth-order valence-electron chi connectivity index (χ4n) is 1.77. The van der Waals surface area contributed by atoms with E-state index in [1.165, 1.54) is 0 Å². The van der Waals surface area contributed by atoms with Crippen molar-refractivity contribution in [2.75, 3.05) is 10.6 Å². The molecule has 0 radical (unpaired) electrons. The molecule has 0 aliphatic heterocycles. The average Bonchev–Trinajstić information content (AvgIpc) is 2.31. The normalized spacial score (nSPS) is 10.2. The Morgan fingerprint density at radius 3 is 2.50 bits per heavy atom. The summed E-state index contributed by atoms with van der Waals surface area (Å²) < 4.78 is 0. The molecule has 0 fully saturated rings. The van der Waals surface area contributed by atoms with Crippen LogP contribution >= 0.6 is 35.4 Å². The minimum Gasteiger partial charge on any atom is -0.331 e. The molecule has 0 aliphatic carbocycles. The van der Waals surface area contributed by atoms with Gasteiger partial charge in [0.2, 0.25) is 0 Å². The third kappa shape index (κ3) is 4.07. The summed E-state index contributed by atoms with van der Waals surface area (Å²) in [6.07, 6.45) is 0. The molecule has 0 unspecified atom stereocenters. The molecule has 0 amide bonds. The van der Waals surface area contributed by atoms with Gasteiger partial charge in [0.25, 0.3) is 0 Å². The smallest absolute Gasteiger partial charge is 0.176 e. The number of nitrogens with zero attached hydrogens (tertiary/aromatic N) is 1. The van der Waals surface area contributed by atoms with Gasteiger partial charge in [0.1, 0.15) is 5.82 Å². The molecule has 2 rings (SSSR count). The second-order valence-electron chi connectivity index (χ2n) is 4.37. The molecule has 0 spiro atoms. The van der Waals surface area contributed by atoms with E-state index < -0.39 is 0 Å². The standard InChI is InChI=1S/C14H13Cl2N3S/c1-8-5-9(2)17-13(6-8)19-14(20)18-12-4-3-10(15)7-11(12)16/h3-7H,1-2H3,(H2,17,18,19,20). The van der Waals surface area contributed by atoms with Gasteiger partial charge in [0, 0.05) is 10.7 Å². The van der Waals surface area contributed by atoms with Crippen molar-refractivity contribution in [3.63, 3.8) is 0 Å². The number of rotatable bonds is 2. The Morgan fingerprint density at radius 2 is 1.85 bits per heavy atom. The first-order chi connectivity index (χ1) is 9.44. The highest BCUT2D eigenvalue weighted by atomic mass is 35.5. The average molecular weight is 326 g/mol. The van der Waals surface area contributed by atoms with Gasteiger partial charge >= 0.3 is 0 Å². The predicted octanol–water partition coefficient (Wildman–Crippen LogP) is 4.81. The van der Waals surface area contributed by atoms with Gasteiger partial charge in [0.15, 0.2) is 5.11 Å². The molecule has 0 saturated carbocycles. The molecule has 0 aliphatic rings. The van der Waals surface area contributed by atoms with E-state index in [1.807, 2.05) is 26.0 Å². The number of aromatic nitrogens is 1. The quantitative estimate of drug-likeness (QED) is 0.776. The number of aryl methyl sites for hydroxylation is 2. The SMILES string of the molecule is Cc1cc(C)nc(NC(=S)Nc2ccc(Cl)cc2Cl)c1. The Hall–Kier alpha value is -1.36. The minimum absolute atomic E-state index is 0.423. The van der Waals surface area contributed by atoms with Crippen molar-refractivity contribution in [3.05, 3.63) is 51.6 Å². The van der Waals surface area contributed by atoms with E-state index in [0.29, 0.717) is 26.7 Å². The summed E-state index contributed by atoms with van der Waals surface area (Å²) >= 11 is 17.2. The van der Waals surface area contributed by atoms with Crippen LogP contribution in [0.2, 0.25) is 10.0 Å².